The van der Waals surface area contributed by atoms with Gasteiger partial charge in [-0.25, -0.2) is 4.68 Å². The van der Waals surface area contributed by atoms with E-state index >= 15 is 0 Å². The molecular formula is C10H10N4O. The maximum absolute atomic E-state index is 11.4. The summed E-state index contributed by atoms with van der Waals surface area (Å²) in [7, 11) is 0. The van der Waals surface area contributed by atoms with Gasteiger partial charge < -0.3 is 5.73 Å². The molecule has 15 heavy (non-hydrogen) atoms. The van der Waals surface area contributed by atoms with E-state index in [9.17, 15) is 4.79 Å². The summed E-state index contributed by atoms with van der Waals surface area (Å²) in [6, 6.07) is 6.87. The van der Waals surface area contributed by atoms with Gasteiger partial charge in [-0.1, -0.05) is 6.07 Å². The van der Waals surface area contributed by atoms with Crippen molar-refractivity contribution in [1.29, 1.82) is 0 Å². The van der Waals surface area contributed by atoms with Gasteiger partial charge in [-0.3, -0.25) is 9.78 Å². The Balaban J connectivity index is 2.29. The zero-order valence-electron chi connectivity index (χ0n) is 8.00. The van der Waals surface area contributed by atoms with Crippen molar-refractivity contribution < 1.29 is 0 Å². The van der Waals surface area contributed by atoms with Crippen LogP contribution in [0.4, 0.5) is 5.69 Å². The molecule has 0 aliphatic heterocycles. The lowest BCUT2D eigenvalue weighted by Crippen LogP contribution is -2.23. The lowest BCUT2D eigenvalue weighted by Gasteiger charge is -2.03. The van der Waals surface area contributed by atoms with Crippen molar-refractivity contribution in [3.05, 3.63) is 52.7 Å². The number of nitrogen functional groups attached to an aromatic ring is 1. The summed E-state index contributed by atoms with van der Waals surface area (Å²) in [5.41, 5.74) is 6.37. The van der Waals surface area contributed by atoms with E-state index in [-0.39, 0.29) is 5.56 Å². The van der Waals surface area contributed by atoms with Crippen LogP contribution in [0.25, 0.3) is 0 Å². The van der Waals surface area contributed by atoms with Gasteiger partial charge in [-0.2, -0.15) is 5.10 Å². The molecule has 2 heterocycles. The highest BCUT2D eigenvalue weighted by Gasteiger charge is 1.99. The maximum atomic E-state index is 11.4. The molecule has 0 spiro atoms. The van der Waals surface area contributed by atoms with E-state index in [1.807, 2.05) is 18.2 Å². The van der Waals surface area contributed by atoms with Crippen LogP contribution in [0.5, 0.6) is 0 Å². The quantitative estimate of drug-likeness (QED) is 0.758. The van der Waals surface area contributed by atoms with Crippen molar-refractivity contribution in [3.8, 4) is 0 Å². The van der Waals surface area contributed by atoms with E-state index in [4.69, 9.17) is 5.73 Å². The molecule has 0 radical (unpaired) electrons. The SMILES string of the molecule is Nc1cnn(Cc2ccccn2)c(=O)c1. The van der Waals surface area contributed by atoms with Gasteiger partial charge in [-0.05, 0) is 12.1 Å². The molecule has 0 unspecified atom stereocenters. The van der Waals surface area contributed by atoms with Crippen LogP contribution < -0.4 is 11.3 Å². The van der Waals surface area contributed by atoms with E-state index in [1.54, 1.807) is 6.20 Å². The summed E-state index contributed by atoms with van der Waals surface area (Å²) in [6.45, 7) is 0.361. The molecule has 0 amide bonds. The standard InChI is InChI=1S/C10H10N4O/c11-8-5-10(15)14(13-6-8)7-9-3-1-2-4-12-9/h1-6H,7,11H2. The number of aromatic nitrogens is 3. The van der Waals surface area contributed by atoms with Crippen molar-refractivity contribution in [3.63, 3.8) is 0 Å². The number of nitrogens with zero attached hydrogens (tertiary/aromatic N) is 3. The van der Waals surface area contributed by atoms with E-state index in [0.29, 0.717) is 12.2 Å². The molecule has 2 aromatic rings. The third kappa shape index (κ3) is 2.19. The van der Waals surface area contributed by atoms with Crippen molar-refractivity contribution in [2.24, 2.45) is 0 Å². The Hall–Kier alpha value is -2.17. The summed E-state index contributed by atoms with van der Waals surface area (Å²) >= 11 is 0. The van der Waals surface area contributed by atoms with Gasteiger partial charge in [0.15, 0.2) is 0 Å². The first-order valence-electron chi connectivity index (χ1n) is 4.48. The molecule has 0 bridgehead atoms. The molecule has 2 rings (SSSR count). The summed E-state index contributed by atoms with van der Waals surface area (Å²) in [4.78, 5) is 15.5. The molecule has 0 saturated heterocycles. The minimum Gasteiger partial charge on any atom is -0.397 e. The van der Waals surface area contributed by atoms with Crippen LogP contribution >= 0.6 is 0 Å². The Morgan fingerprint density at radius 1 is 1.40 bits per heavy atom. The number of anilines is 1. The zero-order valence-corrected chi connectivity index (χ0v) is 8.00. The van der Waals surface area contributed by atoms with Gasteiger partial charge in [-0.15, -0.1) is 0 Å². The smallest absolute Gasteiger partial charge is 0.269 e. The van der Waals surface area contributed by atoms with Crippen molar-refractivity contribution >= 4 is 5.69 Å². The van der Waals surface area contributed by atoms with Gasteiger partial charge >= 0.3 is 0 Å². The van der Waals surface area contributed by atoms with E-state index < -0.39 is 0 Å². The molecule has 5 heteroatoms. The van der Waals surface area contributed by atoms with E-state index in [2.05, 4.69) is 10.1 Å². The zero-order chi connectivity index (χ0) is 10.7. The first-order chi connectivity index (χ1) is 7.25. The number of rotatable bonds is 2. The summed E-state index contributed by atoms with van der Waals surface area (Å²) in [6.07, 6.45) is 3.13. The lowest BCUT2D eigenvalue weighted by molar-refractivity contribution is 0.629. The Labute approximate surface area is 86.2 Å². The molecule has 2 N–H and O–H groups in total. The average molecular weight is 202 g/mol. The number of nitrogens with two attached hydrogens (primary N) is 1. The van der Waals surface area contributed by atoms with Crippen LogP contribution in [0.15, 0.2) is 41.5 Å². The minimum absolute atomic E-state index is 0.222. The molecule has 0 aromatic carbocycles. The second-order valence-corrected chi connectivity index (χ2v) is 3.11. The average Bonchev–Trinajstić information content (AvgIpc) is 2.24. The van der Waals surface area contributed by atoms with Gasteiger partial charge in [0.05, 0.1) is 24.1 Å². The Morgan fingerprint density at radius 3 is 2.93 bits per heavy atom. The largest absolute Gasteiger partial charge is 0.397 e. The van der Waals surface area contributed by atoms with Crippen molar-refractivity contribution in [1.82, 2.24) is 14.8 Å². The topological polar surface area (TPSA) is 73.8 Å². The number of hydrogen-bond donors (Lipinski definition) is 1. The maximum Gasteiger partial charge on any atom is 0.269 e. The van der Waals surface area contributed by atoms with Crippen LogP contribution in [0.1, 0.15) is 5.69 Å². The second-order valence-electron chi connectivity index (χ2n) is 3.11. The molecule has 0 fully saturated rings. The predicted molar refractivity (Wildman–Crippen MR) is 56.2 cm³/mol. The highest BCUT2D eigenvalue weighted by atomic mass is 16.1. The normalized spacial score (nSPS) is 10.1. The molecule has 0 saturated carbocycles. The summed E-state index contributed by atoms with van der Waals surface area (Å²) in [5.74, 6) is 0. The fourth-order valence-electron chi connectivity index (χ4n) is 1.21. The van der Waals surface area contributed by atoms with Gasteiger partial charge in [0.25, 0.3) is 5.56 Å². The first-order valence-corrected chi connectivity index (χ1v) is 4.48. The molecule has 5 nitrogen and oxygen atoms in total. The fourth-order valence-corrected chi connectivity index (χ4v) is 1.21. The van der Waals surface area contributed by atoms with Crippen LogP contribution in [0.2, 0.25) is 0 Å². The molecule has 2 aromatic heterocycles. The Morgan fingerprint density at radius 2 is 2.27 bits per heavy atom. The predicted octanol–water partition coefficient (Wildman–Crippen LogP) is 0.269. The van der Waals surface area contributed by atoms with Crippen LogP contribution in [-0.2, 0) is 6.54 Å². The monoisotopic (exact) mass is 202 g/mol. The molecule has 0 atom stereocenters. The molecular weight excluding hydrogens is 192 g/mol. The van der Waals surface area contributed by atoms with Crippen molar-refractivity contribution in [2.75, 3.05) is 5.73 Å². The summed E-state index contributed by atoms with van der Waals surface area (Å²) in [5, 5.41) is 3.91. The Bertz CT molecular complexity index is 506. The minimum atomic E-state index is -0.222. The van der Waals surface area contributed by atoms with Gasteiger partial charge in [0, 0.05) is 12.3 Å². The summed E-state index contributed by atoms with van der Waals surface area (Å²) < 4.78 is 1.32. The van der Waals surface area contributed by atoms with E-state index in [1.165, 1.54) is 16.9 Å². The number of hydrogen-bond acceptors (Lipinski definition) is 4. The van der Waals surface area contributed by atoms with Crippen LogP contribution in [-0.4, -0.2) is 14.8 Å². The highest BCUT2D eigenvalue weighted by Crippen LogP contribution is 1.96. The van der Waals surface area contributed by atoms with Crippen LogP contribution in [0.3, 0.4) is 0 Å². The molecule has 0 aliphatic carbocycles. The first kappa shape index (κ1) is 9.39. The lowest BCUT2D eigenvalue weighted by atomic mass is 10.3. The van der Waals surface area contributed by atoms with E-state index in [0.717, 1.165) is 5.69 Å². The third-order valence-corrected chi connectivity index (χ3v) is 1.93. The molecule has 0 aliphatic rings. The third-order valence-electron chi connectivity index (χ3n) is 1.93. The molecule has 76 valence electrons. The fraction of sp³-hybridized carbons (Fsp3) is 0.100. The number of pyridine rings is 1. The highest BCUT2D eigenvalue weighted by molar-refractivity contribution is 5.31. The van der Waals surface area contributed by atoms with Crippen molar-refractivity contribution in [2.45, 2.75) is 6.54 Å². The Kier molecular flexibility index (Phi) is 2.45. The second kappa shape index (κ2) is 3.91. The van der Waals surface area contributed by atoms with Crippen LogP contribution in [0, 0.1) is 0 Å². The van der Waals surface area contributed by atoms with Gasteiger partial charge in [0.2, 0.25) is 0 Å². The van der Waals surface area contributed by atoms with Gasteiger partial charge in [0.1, 0.15) is 0 Å².